The van der Waals surface area contributed by atoms with Gasteiger partial charge in [-0.2, -0.15) is 0 Å². The summed E-state index contributed by atoms with van der Waals surface area (Å²) in [4.78, 5) is 15.5. The van der Waals surface area contributed by atoms with E-state index in [2.05, 4.69) is 10.3 Å². The Morgan fingerprint density at radius 3 is 2.71 bits per heavy atom. The van der Waals surface area contributed by atoms with Gasteiger partial charge in [0.1, 0.15) is 5.75 Å². The molecule has 3 rings (SSSR count). The van der Waals surface area contributed by atoms with Gasteiger partial charge < -0.3 is 20.8 Å². The normalized spacial score (nSPS) is 12.1. The average molecular weight is 323 g/mol. The van der Waals surface area contributed by atoms with Gasteiger partial charge in [-0.05, 0) is 49.2 Å². The number of ether oxygens (including phenoxy) is 1. The molecular weight excluding hydrogens is 302 g/mol. The Hall–Kier alpha value is -2.79. The number of fused-ring (bicyclic) bond motifs is 1. The van der Waals surface area contributed by atoms with Crippen LogP contribution in [0.25, 0.3) is 10.9 Å². The molecule has 1 heterocycles. The lowest BCUT2D eigenvalue weighted by molar-refractivity contribution is -0.117. The molecule has 124 valence electrons. The molecule has 1 atom stereocenters. The first-order chi connectivity index (χ1) is 11.7. The van der Waals surface area contributed by atoms with Gasteiger partial charge in [0.15, 0.2) is 0 Å². The van der Waals surface area contributed by atoms with Crippen LogP contribution in [0.3, 0.4) is 0 Å². The van der Waals surface area contributed by atoms with E-state index in [0.29, 0.717) is 18.7 Å². The van der Waals surface area contributed by atoms with Crippen LogP contribution in [0.5, 0.6) is 5.75 Å². The van der Waals surface area contributed by atoms with Crippen LogP contribution in [0.15, 0.2) is 54.7 Å². The third-order valence-electron chi connectivity index (χ3n) is 3.88. The molecule has 0 radical (unpaired) electrons. The number of H-pyrrole nitrogens is 1. The minimum atomic E-state index is -0.615. The predicted molar refractivity (Wildman–Crippen MR) is 96.2 cm³/mol. The lowest BCUT2D eigenvalue weighted by atomic mass is 10.0. The first-order valence-electron chi connectivity index (χ1n) is 8.01. The number of amides is 1. The van der Waals surface area contributed by atoms with Crippen LogP contribution >= 0.6 is 0 Å². The van der Waals surface area contributed by atoms with Crippen molar-refractivity contribution >= 4 is 22.5 Å². The van der Waals surface area contributed by atoms with Crippen LogP contribution in [-0.4, -0.2) is 23.5 Å². The van der Waals surface area contributed by atoms with Crippen molar-refractivity contribution in [3.05, 3.63) is 60.3 Å². The molecule has 0 saturated carbocycles. The van der Waals surface area contributed by atoms with Crippen molar-refractivity contribution < 1.29 is 9.53 Å². The highest BCUT2D eigenvalue weighted by atomic mass is 16.5. The second kappa shape index (κ2) is 7.19. The molecule has 3 aromatic rings. The van der Waals surface area contributed by atoms with Gasteiger partial charge >= 0.3 is 0 Å². The fourth-order valence-corrected chi connectivity index (χ4v) is 2.67. The number of nitrogens with two attached hydrogens (primary N) is 1. The van der Waals surface area contributed by atoms with Crippen LogP contribution in [0.1, 0.15) is 12.5 Å². The van der Waals surface area contributed by atoms with Gasteiger partial charge in [0.05, 0.1) is 12.6 Å². The van der Waals surface area contributed by atoms with Crippen molar-refractivity contribution in [2.24, 2.45) is 5.73 Å². The van der Waals surface area contributed by atoms with Crippen molar-refractivity contribution in [3.8, 4) is 5.75 Å². The SMILES string of the molecule is CCOc1ccc(NC(=O)[C@@H](N)Cc2c[nH]c3ccccc23)cc1. The van der Waals surface area contributed by atoms with Crippen molar-refractivity contribution in [3.63, 3.8) is 0 Å². The molecule has 2 aromatic carbocycles. The van der Waals surface area contributed by atoms with Crippen molar-refractivity contribution in [1.29, 1.82) is 0 Å². The summed E-state index contributed by atoms with van der Waals surface area (Å²) >= 11 is 0. The second-order valence-electron chi connectivity index (χ2n) is 5.62. The highest BCUT2D eigenvalue weighted by Gasteiger charge is 2.16. The number of rotatable bonds is 6. The topological polar surface area (TPSA) is 80.1 Å². The molecule has 0 aliphatic rings. The van der Waals surface area contributed by atoms with Crippen molar-refractivity contribution in [2.45, 2.75) is 19.4 Å². The molecule has 1 aromatic heterocycles. The highest BCUT2D eigenvalue weighted by molar-refractivity contribution is 5.95. The number of anilines is 1. The number of hydrogen-bond donors (Lipinski definition) is 3. The van der Waals surface area contributed by atoms with E-state index in [9.17, 15) is 4.79 Å². The van der Waals surface area contributed by atoms with Crippen LogP contribution < -0.4 is 15.8 Å². The van der Waals surface area contributed by atoms with Gasteiger partial charge in [0.25, 0.3) is 0 Å². The summed E-state index contributed by atoms with van der Waals surface area (Å²) in [5.41, 5.74) is 8.87. The highest BCUT2D eigenvalue weighted by Crippen LogP contribution is 2.19. The van der Waals surface area contributed by atoms with Gasteiger partial charge in [-0.3, -0.25) is 4.79 Å². The Bertz CT molecular complexity index is 824. The third kappa shape index (κ3) is 3.58. The molecule has 24 heavy (non-hydrogen) atoms. The summed E-state index contributed by atoms with van der Waals surface area (Å²) in [6.45, 7) is 2.54. The Balaban J connectivity index is 1.64. The maximum absolute atomic E-state index is 12.3. The molecular formula is C19H21N3O2. The molecule has 0 bridgehead atoms. The summed E-state index contributed by atoms with van der Waals surface area (Å²) < 4.78 is 5.38. The Labute approximate surface area is 140 Å². The predicted octanol–water partition coefficient (Wildman–Crippen LogP) is 3.08. The molecule has 5 heteroatoms. The van der Waals surface area contributed by atoms with E-state index in [1.54, 1.807) is 12.1 Å². The largest absolute Gasteiger partial charge is 0.494 e. The van der Waals surface area contributed by atoms with E-state index in [0.717, 1.165) is 22.2 Å². The maximum atomic E-state index is 12.3. The standard InChI is InChI=1S/C19H21N3O2/c1-2-24-15-9-7-14(8-10-15)22-19(23)17(20)11-13-12-21-18-6-4-3-5-16(13)18/h3-10,12,17,21H,2,11,20H2,1H3,(H,22,23)/t17-/m0/s1. The second-order valence-corrected chi connectivity index (χ2v) is 5.62. The van der Waals surface area contributed by atoms with Gasteiger partial charge in [-0.1, -0.05) is 18.2 Å². The van der Waals surface area contributed by atoms with Gasteiger partial charge in [-0.15, -0.1) is 0 Å². The first kappa shape index (κ1) is 16.1. The first-order valence-corrected chi connectivity index (χ1v) is 8.01. The molecule has 1 amide bonds. The van der Waals surface area contributed by atoms with Gasteiger partial charge in [0, 0.05) is 22.8 Å². The minimum absolute atomic E-state index is 0.204. The van der Waals surface area contributed by atoms with Crippen LogP contribution in [0, 0.1) is 0 Å². The van der Waals surface area contributed by atoms with E-state index in [-0.39, 0.29) is 5.91 Å². The number of aromatic nitrogens is 1. The zero-order valence-corrected chi connectivity index (χ0v) is 13.6. The Kier molecular flexibility index (Phi) is 4.82. The lowest BCUT2D eigenvalue weighted by Gasteiger charge is -2.12. The number of nitrogens with one attached hydrogen (secondary N) is 2. The number of carbonyl (C=O) groups is 1. The number of hydrogen-bond acceptors (Lipinski definition) is 3. The third-order valence-corrected chi connectivity index (χ3v) is 3.88. The number of carbonyl (C=O) groups excluding carboxylic acids is 1. The summed E-state index contributed by atoms with van der Waals surface area (Å²) in [5, 5.41) is 3.94. The van der Waals surface area contributed by atoms with Gasteiger partial charge in [-0.25, -0.2) is 0 Å². The van der Waals surface area contributed by atoms with E-state index in [1.165, 1.54) is 0 Å². The number of para-hydroxylation sites is 1. The summed E-state index contributed by atoms with van der Waals surface area (Å²) in [6, 6.07) is 14.6. The molecule has 0 unspecified atom stereocenters. The van der Waals surface area contributed by atoms with E-state index in [4.69, 9.17) is 10.5 Å². The monoisotopic (exact) mass is 323 g/mol. The molecule has 4 N–H and O–H groups in total. The average Bonchev–Trinajstić information content (AvgIpc) is 3.00. The number of benzene rings is 2. The molecule has 5 nitrogen and oxygen atoms in total. The summed E-state index contributed by atoms with van der Waals surface area (Å²) in [7, 11) is 0. The summed E-state index contributed by atoms with van der Waals surface area (Å²) in [5.74, 6) is 0.572. The lowest BCUT2D eigenvalue weighted by Crippen LogP contribution is -2.37. The van der Waals surface area contributed by atoms with Gasteiger partial charge in [0.2, 0.25) is 5.91 Å². The van der Waals surface area contributed by atoms with Crippen molar-refractivity contribution in [1.82, 2.24) is 4.98 Å². The molecule has 0 saturated heterocycles. The smallest absolute Gasteiger partial charge is 0.241 e. The molecule has 0 spiro atoms. The Morgan fingerprint density at radius 2 is 1.96 bits per heavy atom. The molecule has 0 fully saturated rings. The zero-order chi connectivity index (χ0) is 16.9. The fraction of sp³-hybridized carbons (Fsp3) is 0.211. The molecule has 0 aliphatic heterocycles. The summed E-state index contributed by atoms with van der Waals surface area (Å²) in [6.07, 6.45) is 2.39. The number of aromatic amines is 1. The van der Waals surface area contributed by atoms with Crippen molar-refractivity contribution in [2.75, 3.05) is 11.9 Å². The minimum Gasteiger partial charge on any atom is -0.494 e. The van der Waals surface area contributed by atoms with Crippen LogP contribution in [0.2, 0.25) is 0 Å². The Morgan fingerprint density at radius 1 is 1.21 bits per heavy atom. The molecule has 0 aliphatic carbocycles. The zero-order valence-electron chi connectivity index (χ0n) is 13.6. The van der Waals surface area contributed by atoms with Crippen LogP contribution in [-0.2, 0) is 11.2 Å². The van der Waals surface area contributed by atoms with E-state index < -0.39 is 6.04 Å². The van der Waals surface area contributed by atoms with E-state index in [1.807, 2.05) is 49.5 Å². The maximum Gasteiger partial charge on any atom is 0.241 e. The van der Waals surface area contributed by atoms with Crippen LogP contribution in [0.4, 0.5) is 5.69 Å². The van der Waals surface area contributed by atoms with E-state index >= 15 is 0 Å². The fourth-order valence-electron chi connectivity index (χ4n) is 2.67. The quantitative estimate of drug-likeness (QED) is 0.652.